The van der Waals surface area contributed by atoms with Crippen LogP contribution in [-0.2, 0) is 12.8 Å². The standard InChI is InChI=1S/C12H15BrN2O/c1-2-8-6-9(13)12-10(7-8)15-11(16-12)4-3-5-14/h6-7H,2-5,14H2,1H3. The molecule has 0 aliphatic heterocycles. The fraction of sp³-hybridized carbons (Fsp3) is 0.417. The molecule has 0 saturated heterocycles. The first-order valence-electron chi connectivity index (χ1n) is 5.52. The third kappa shape index (κ3) is 2.28. The maximum atomic E-state index is 5.69. The van der Waals surface area contributed by atoms with Gasteiger partial charge in [0.2, 0.25) is 0 Å². The van der Waals surface area contributed by atoms with E-state index in [4.69, 9.17) is 10.2 Å². The van der Waals surface area contributed by atoms with E-state index in [1.54, 1.807) is 0 Å². The highest BCUT2D eigenvalue weighted by Crippen LogP contribution is 2.27. The van der Waals surface area contributed by atoms with Gasteiger partial charge in [0.15, 0.2) is 11.5 Å². The average molecular weight is 283 g/mol. The first kappa shape index (κ1) is 11.6. The van der Waals surface area contributed by atoms with Crippen molar-refractivity contribution in [2.75, 3.05) is 6.54 Å². The van der Waals surface area contributed by atoms with Gasteiger partial charge in [-0.3, -0.25) is 0 Å². The van der Waals surface area contributed by atoms with E-state index in [1.165, 1.54) is 5.56 Å². The Hall–Kier alpha value is -0.870. The molecule has 0 saturated carbocycles. The molecule has 1 aromatic carbocycles. The second-order valence-corrected chi connectivity index (χ2v) is 4.63. The highest BCUT2D eigenvalue weighted by molar-refractivity contribution is 9.10. The second-order valence-electron chi connectivity index (χ2n) is 3.78. The normalized spacial score (nSPS) is 11.2. The van der Waals surface area contributed by atoms with Crippen LogP contribution in [0.15, 0.2) is 21.0 Å². The Morgan fingerprint density at radius 3 is 2.94 bits per heavy atom. The van der Waals surface area contributed by atoms with E-state index < -0.39 is 0 Å². The summed E-state index contributed by atoms with van der Waals surface area (Å²) in [4.78, 5) is 4.47. The molecular formula is C12H15BrN2O. The molecule has 0 atom stereocenters. The third-order valence-electron chi connectivity index (χ3n) is 2.55. The zero-order valence-electron chi connectivity index (χ0n) is 9.29. The Bertz CT molecular complexity index is 493. The SMILES string of the molecule is CCc1cc(Br)c2oc(CCCN)nc2c1. The molecule has 0 unspecified atom stereocenters. The van der Waals surface area contributed by atoms with Crippen LogP contribution in [0.4, 0.5) is 0 Å². The van der Waals surface area contributed by atoms with E-state index in [-0.39, 0.29) is 0 Å². The van der Waals surface area contributed by atoms with Crippen LogP contribution < -0.4 is 5.73 Å². The van der Waals surface area contributed by atoms with E-state index in [0.717, 1.165) is 40.7 Å². The monoisotopic (exact) mass is 282 g/mol. The number of benzene rings is 1. The number of halogens is 1. The second kappa shape index (κ2) is 4.97. The van der Waals surface area contributed by atoms with Gasteiger partial charge in [0.1, 0.15) is 5.52 Å². The van der Waals surface area contributed by atoms with Crippen molar-refractivity contribution in [1.82, 2.24) is 4.98 Å². The molecule has 3 nitrogen and oxygen atoms in total. The lowest BCUT2D eigenvalue weighted by Crippen LogP contribution is -2.00. The predicted octanol–water partition coefficient (Wildman–Crippen LogP) is 3.04. The topological polar surface area (TPSA) is 52.0 Å². The van der Waals surface area contributed by atoms with Crippen LogP contribution in [0.2, 0.25) is 0 Å². The van der Waals surface area contributed by atoms with Gasteiger partial charge in [-0.1, -0.05) is 6.92 Å². The zero-order chi connectivity index (χ0) is 11.5. The molecule has 16 heavy (non-hydrogen) atoms. The minimum absolute atomic E-state index is 0.667. The average Bonchev–Trinajstić information content (AvgIpc) is 2.69. The lowest BCUT2D eigenvalue weighted by molar-refractivity contribution is 0.520. The molecule has 0 fully saturated rings. The summed E-state index contributed by atoms with van der Waals surface area (Å²) in [7, 11) is 0. The fourth-order valence-electron chi connectivity index (χ4n) is 1.66. The Morgan fingerprint density at radius 2 is 2.25 bits per heavy atom. The number of aryl methyl sites for hydroxylation is 2. The number of nitrogens with zero attached hydrogens (tertiary/aromatic N) is 1. The summed E-state index contributed by atoms with van der Waals surface area (Å²) in [5.41, 5.74) is 8.50. The van der Waals surface area contributed by atoms with E-state index in [9.17, 15) is 0 Å². The predicted molar refractivity (Wildman–Crippen MR) is 68.5 cm³/mol. The van der Waals surface area contributed by atoms with Gasteiger partial charge in [0.25, 0.3) is 0 Å². The molecule has 0 spiro atoms. The van der Waals surface area contributed by atoms with Gasteiger partial charge in [-0.15, -0.1) is 0 Å². The quantitative estimate of drug-likeness (QED) is 0.938. The van der Waals surface area contributed by atoms with Crippen LogP contribution in [-0.4, -0.2) is 11.5 Å². The Morgan fingerprint density at radius 1 is 1.44 bits per heavy atom. The molecule has 0 aliphatic rings. The van der Waals surface area contributed by atoms with Gasteiger partial charge in [0, 0.05) is 6.42 Å². The summed E-state index contributed by atoms with van der Waals surface area (Å²) >= 11 is 3.51. The lowest BCUT2D eigenvalue weighted by atomic mass is 10.1. The van der Waals surface area contributed by atoms with Crippen LogP contribution in [0.1, 0.15) is 24.8 Å². The number of hydrogen-bond donors (Lipinski definition) is 1. The highest BCUT2D eigenvalue weighted by atomic mass is 79.9. The maximum absolute atomic E-state index is 5.69. The van der Waals surface area contributed by atoms with Crippen molar-refractivity contribution in [2.45, 2.75) is 26.2 Å². The molecule has 1 aromatic heterocycles. The molecule has 2 N–H and O–H groups in total. The Balaban J connectivity index is 2.40. The van der Waals surface area contributed by atoms with Gasteiger partial charge in [0.05, 0.1) is 4.47 Å². The van der Waals surface area contributed by atoms with Gasteiger partial charge in [-0.2, -0.15) is 0 Å². The molecule has 2 aromatic rings. The van der Waals surface area contributed by atoms with Gasteiger partial charge in [-0.25, -0.2) is 4.98 Å². The number of aromatic nitrogens is 1. The highest BCUT2D eigenvalue weighted by Gasteiger charge is 2.09. The largest absolute Gasteiger partial charge is 0.440 e. The van der Waals surface area contributed by atoms with E-state index in [2.05, 4.69) is 40.0 Å². The first-order valence-corrected chi connectivity index (χ1v) is 6.31. The van der Waals surface area contributed by atoms with Crippen LogP contribution in [0.3, 0.4) is 0 Å². The summed E-state index contributed by atoms with van der Waals surface area (Å²) in [6.07, 6.45) is 2.71. The zero-order valence-corrected chi connectivity index (χ0v) is 10.9. The van der Waals surface area contributed by atoms with E-state index >= 15 is 0 Å². The Kier molecular flexibility index (Phi) is 3.61. The lowest BCUT2D eigenvalue weighted by Gasteiger charge is -1.96. The summed E-state index contributed by atoms with van der Waals surface area (Å²) in [6.45, 7) is 2.79. The van der Waals surface area contributed by atoms with Crippen molar-refractivity contribution < 1.29 is 4.42 Å². The van der Waals surface area contributed by atoms with Crippen molar-refractivity contribution in [1.29, 1.82) is 0 Å². The summed E-state index contributed by atoms with van der Waals surface area (Å²) in [5.74, 6) is 0.773. The van der Waals surface area contributed by atoms with Crippen molar-refractivity contribution in [2.24, 2.45) is 5.73 Å². The van der Waals surface area contributed by atoms with Crippen LogP contribution in [0, 0.1) is 0 Å². The first-order chi connectivity index (χ1) is 7.74. The third-order valence-corrected chi connectivity index (χ3v) is 3.14. The van der Waals surface area contributed by atoms with Crippen LogP contribution in [0.5, 0.6) is 0 Å². The maximum Gasteiger partial charge on any atom is 0.195 e. The molecule has 0 radical (unpaired) electrons. The number of rotatable bonds is 4. The minimum Gasteiger partial charge on any atom is -0.440 e. The smallest absolute Gasteiger partial charge is 0.195 e. The molecule has 4 heteroatoms. The molecule has 0 amide bonds. The van der Waals surface area contributed by atoms with Crippen molar-refractivity contribution in [3.8, 4) is 0 Å². The number of oxazole rings is 1. The Labute approximate surface area is 103 Å². The molecule has 0 aliphatic carbocycles. The summed E-state index contributed by atoms with van der Waals surface area (Å²) in [6, 6.07) is 4.16. The number of fused-ring (bicyclic) bond motifs is 1. The molecule has 86 valence electrons. The van der Waals surface area contributed by atoms with Crippen molar-refractivity contribution >= 4 is 27.0 Å². The molecule has 2 rings (SSSR count). The van der Waals surface area contributed by atoms with Crippen LogP contribution >= 0.6 is 15.9 Å². The van der Waals surface area contributed by atoms with Gasteiger partial charge < -0.3 is 10.2 Å². The van der Waals surface area contributed by atoms with Crippen LogP contribution in [0.25, 0.3) is 11.1 Å². The number of hydrogen-bond acceptors (Lipinski definition) is 3. The molecule has 0 bridgehead atoms. The number of nitrogens with two attached hydrogens (primary N) is 1. The van der Waals surface area contributed by atoms with E-state index in [0.29, 0.717) is 6.54 Å². The summed E-state index contributed by atoms with van der Waals surface area (Å²) < 4.78 is 6.67. The minimum atomic E-state index is 0.667. The van der Waals surface area contributed by atoms with Crippen molar-refractivity contribution in [3.63, 3.8) is 0 Å². The van der Waals surface area contributed by atoms with Gasteiger partial charge in [-0.05, 0) is 53.0 Å². The van der Waals surface area contributed by atoms with E-state index in [1.807, 2.05) is 0 Å². The molecule has 1 heterocycles. The molecular weight excluding hydrogens is 268 g/mol. The van der Waals surface area contributed by atoms with Gasteiger partial charge >= 0.3 is 0 Å². The fourth-order valence-corrected chi connectivity index (χ4v) is 2.23. The summed E-state index contributed by atoms with van der Waals surface area (Å²) in [5, 5.41) is 0. The van der Waals surface area contributed by atoms with Crippen molar-refractivity contribution in [3.05, 3.63) is 28.1 Å².